The number of hydroxylamine groups is 2. The Labute approximate surface area is 202 Å². The van der Waals surface area contributed by atoms with E-state index in [0.717, 1.165) is 31.6 Å². The quantitative estimate of drug-likeness (QED) is 0.213. The van der Waals surface area contributed by atoms with Crippen molar-refractivity contribution in [2.24, 2.45) is 11.8 Å². The average Bonchev–Trinajstić information content (AvgIpc) is 2.85. The van der Waals surface area contributed by atoms with Crippen LogP contribution in [0.1, 0.15) is 39.2 Å². The number of carbonyl (C=O) groups excluding carboxylic acids is 3. The van der Waals surface area contributed by atoms with Crippen molar-refractivity contribution in [2.45, 2.75) is 52.1 Å². The van der Waals surface area contributed by atoms with Crippen molar-refractivity contribution in [3.05, 3.63) is 35.9 Å². The molecule has 3 amide bonds. The SMILES string of the molecule is CC(C)[C@H](NC(=O)[C@H](CCCc1ccccc1)[C@H](C)N(O)C=O)C(=O)NCCN1CCOCC1. The fourth-order valence-corrected chi connectivity index (χ4v) is 4.11. The standard InChI is InChI=1S/C25H40N4O5/c1-19(2)23(25(32)26-12-13-28-14-16-34-17-15-28)27-24(31)22(20(3)29(33)18-30)11-7-10-21-8-5-4-6-9-21/h4-6,8-9,18-20,22-23,33H,7,10-17H2,1-3H3,(H,26,32)(H,27,31)/t20-,22+,23-/m0/s1. The van der Waals surface area contributed by atoms with Crippen LogP contribution in [-0.2, 0) is 25.5 Å². The summed E-state index contributed by atoms with van der Waals surface area (Å²) in [4.78, 5) is 39.4. The third kappa shape index (κ3) is 9.04. The number of aryl methyl sites for hydroxylation is 1. The summed E-state index contributed by atoms with van der Waals surface area (Å²) in [6.45, 7) is 9.70. The van der Waals surface area contributed by atoms with Crippen LogP contribution in [0.25, 0.3) is 0 Å². The maximum absolute atomic E-state index is 13.2. The second-order valence-electron chi connectivity index (χ2n) is 9.19. The van der Waals surface area contributed by atoms with Gasteiger partial charge in [-0.25, -0.2) is 5.06 Å². The van der Waals surface area contributed by atoms with E-state index >= 15 is 0 Å². The summed E-state index contributed by atoms with van der Waals surface area (Å²) in [5.74, 6) is -1.35. The molecule has 0 radical (unpaired) electrons. The minimum atomic E-state index is -0.717. The van der Waals surface area contributed by atoms with Gasteiger partial charge in [0.25, 0.3) is 0 Å². The first kappa shape index (κ1) is 27.8. The lowest BCUT2D eigenvalue weighted by Gasteiger charge is -2.30. The lowest BCUT2D eigenvalue weighted by atomic mass is 9.91. The van der Waals surface area contributed by atoms with Crippen molar-refractivity contribution in [1.29, 1.82) is 0 Å². The van der Waals surface area contributed by atoms with Crippen LogP contribution >= 0.6 is 0 Å². The van der Waals surface area contributed by atoms with Crippen molar-refractivity contribution < 1.29 is 24.3 Å². The zero-order valence-corrected chi connectivity index (χ0v) is 20.6. The van der Waals surface area contributed by atoms with Gasteiger partial charge in [-0.3, -0.25) is 24.5 Å². The Morgan fingerprint density at radius 2 is 1.82 bits per heavy atom. The maximum Gasteiger partial charge on any atom is 0.242 e. The molecule has 1 aromatic rings. The molecule has 0 aromatic heterocycles. The molecule has 1 aliphatic rings. The molecule has 190 valence electrons. The second-order valence-corrected chi connectivity index (χ2v) is 9.19. The van der Waals surface area contributed by atoms with Crippen LogP contribution in [0.15, 0.2) is 30.3 Å². The molecule has 1 fully saturated rings. The molecule has 0 bridgehead atoms. The van der Waals surface area contributed by atoms with E-state index in [1.54, 1.807) is 6.92 Å². The molecule has 0 saturated carbocycles. The molecule has 0 spiro atoms. The fourth-order valence-electron chi connectivity index (χ4n) is 4.11. The third-order valence-electron chi connectivity index (χ3n) is 6.35. The highest BCUT2D eigenvalue weighted by atomic mass is 16.5. The Kier molecular flexibility index (Phi) is 12.0. The van der Waals surface area contributed by atoms with E-state index in [-0.39, 0.29) is 17.7 Å². The largest absolute Gasteiger partial charge is 0.379 e. The summed E-state index contributed by atoms with van der Waals surface area (Å²) in [7, 11) is 0. The topological polar surface area (TPSA) is 111 Å². The van der Waals surface area contributed by atoms with Gasteiger partial charge in [0.1, 0.15) is 6.04 Å². The van der Waals surface area contributed by atoms with Gasteiger partial charge in [0.15, 0.2) is 0 Å². The van der Waals surface area contributed by atoms with E-state index in [1.165, 1.54) is 0 Å². The molecule has 0 aliphatic carbocycles. The van der Waals surface area contributed by atoms with Gasteiger partial charge in [-0.2, -0.15) is 0 Å². The molecule has 34 heavy (non-hydrogen) atoms. The number of hydrogen-bond acceptors (Lipinski definition) is 6. The lowest BCUT2D eigenvalue weighted by Crippen LogP contribution is -2.54. The smallest absolute Gasteiger partial charge is 0.242 e. The van der Waals surface area contributed by atoms with Gasteiger partial charge in [-0.1, -0.05) is 44.2 Å². The molecule has 9 heteroatoms. The summed E-state index contributed by atoms with van der Waals surface area (Å²) >= 11 is 0. The molecule has 2 rings (SSSR count). The molecular weight excluding hydrogens is 436 g/mol. The summed E-state index contributed by atoms with van der Waals surface area (Å²) in [6, 6.07) is 8.52. The first-order valence-electron chi connectivity index (χ1n) is 12.2. The number of ether oxygens (including phenoxy) is 1. The summed E-state index contributed by atoms with van der Waals surface area (Å²) < 4.78 is 5.34. The number of nitrogens with one attached hydrogen (secondary N) is 2. The summed E-state index contributed by atoms with van der Waals surface area (Å²) in [5.41, 5.74) is 1.16. The Balaban J connectivity index is 1.95. The second kappa shape index (κ2) is 14.7. The molecule has 1 heterocycles. The summed E-state index contributed by atoms with van der Waals surface area (Å²) in [5, 5.41) is 16.3. The molecule has 1 saturated heterocycles. The van der Waals surface area contributed by atoms with E-state index < -0.39 is 18.0 Å². The van der Waals surface area contributed by atoms with Crippen molar-refractivity contribution in [3.8, 4) is 0 Å². The van der Waals surface area contributed by atoms with Crippen LogP contribution in [-0.4, -0.2) is 84.9 Å². The van der Waals surface area contributed by atoms with Gasteiger partial charge in [0.05, 0.1) is 25.2 Å². The minimum Gasteiger partial charge on any atom is -0.379 e. The Hall–Kier alpha value is -2.49. The van der Waals surface area contributed by atoms with E-state index in [2.05, 4.69) is 15.5 Å². The predicted molar refractivity (Wildman–Crippen MR) is 129 cm³/mol. The number of carbonyl (C=O) groups is 3. The number of rotatable bonds is 14. The Morgan fingerprint density at radius 3 is 2.44 bits per heavy atom. The van der Waals surface area contributed by atoms with Crippen LogP contribution in [0.5, 0.6) is 0 Å². The molecule has 0 unspecified atom stereocenters. The van der Waals surface area contributed by atoms with Gasteiger partial charge in [-0.15, -0.1) is 0 Å². The van der Waals surface area contributed by atoms with E-state index in [1.807, 2.05) is 44.2 Å². The zero-order chi connectivity index (χ0) is 24.9. The predicted octanol–water partition coefficient (Wildman–Crippen LogP) is 1.45. The van der Waals surface area contributed by atoms with Crippen LogP contribution in [0.3, 0.4) is 0 Å². The first-order valence-corrected chi connectivity index (χ1v) is 12.2. The molecule has 9 nitrogen and oxygen atoms in total. The number of benzene rings is 1. The number of amides is 3. The molecular formula is C25H40N4O5. The summed E-state index contributed by atoms with van der Waals surface area (Å²) in [6.07, 6.45) is 2.26. The monoisotopic (exact) mass is 476 g/mol. The number of nitrogens with zero attached hydrogens (tertiary/aromatic N) is 2. The number of morpholine rings is 1. The van der Waals surface area contributed by atoms with Gasteiger partial charge >= 0.3 is 0 Å². The van der Waals surface area contributed by atoms with Gasteiger partial charge in [0, 0.05) is 26.2 Å². The van der Waals surface area contributed by atoms with Gasteiger partial charge in [0.2, 0.25) is 18.2 Å². The van der Waals surface area contributed by atoms with Crippen LogP contribution in [0.2, 0.25) is 0 Å². The van der Waals surface area contributed by atoms with Gasteiger partial charge in [-0.05, 0) is 37.7 Å². The molecule has 3 atom stereocenters. The highest BCUT2D eigenvalue weighted by Gasteiger charge is 2.32. The van der Waals surface area contributed by atoms with Crippen molar-refractivity contribution in [3.63, 3.8) is 0 Å². The van der Waals surface area contributed by atoms with Crippen molar-refractivity contribution >= 4 is 18.2 Å². The highest BCUT2D eigenvalue weighted by Crippen LogP contribution is 2.19. The van der Waals surface area contributed by atoms with E-state index in [9.17, 15) is 19.6 Å². The van der Waals surface area contributed by atoms with E-state index in [0.29, 0.717) is 44.1 Å². The molecule has 3 N–H and O–H groups in total. The zero-order valence-electron chi connectivity index (χ0n) is 20.6. The van der Waals surface area contributed by atoms with Crippen LogP contribution in [0.4, 0.5) is 0 Å². The lowest BCUT2D eigenvalue weighted by molar-refractivity contribution is -0.166. The fraction of sp³-hybridized carbons (Fsp3) is 0.640. The Morgan fingerprint density at radius 1 is 1.15 bits per heavy atom. The average molecular weight is 477 g/mol. The third-order valence-corrected chi connectivity index (χ3v) is 6.35. The normalized spacial score (nSPS) is 17.0. The van der Waals surface area contributed by atoms with Crippen molar-refractivity contribution in [2.75, 3.05) is 39.4 Å². The van der Waals surface area contributed by atoms with E-state index in [4.69, 9.17) is 4.74 Å². The molecule has 1 aliphatic heterocycles. The van der Waals surface area contributed by atoms with Crippen LogP contribution < -0.4 is 10.6 Å². The minimum absolute atomic E-state index is 0.121. The Bertz CT molecular complexity index is 755. The number of hydrogen-bond donors (Lipinski definition) is 3. The van der Waals surface area contributed by atoms with Crippen molar-refractivity contribution in [1.82, 2.24) is 20.6 Å². The van der Waals surface area contributed by atoms with Crippen LogP contribution in [0, 0.1) is 11.8 Å². The highest BCUT2D eigenvalue weighted by molar-refractivity contribution is 5.89. The maximum atomic E-state index is 13.2. The molecule has 1 aromatic carbocycles. The first-order chi connectivity index (χ1) is 16.3. The van der Waals surface area contributed by atoms with Gasteiger partial charge < -0.3 is 15.4 Å².